The first-order valence-electron chi connectivity index (χ1n) is 6.92. The molecule has 3 nitrogen and oxygen atoms in total. The van der Waals surface area contributed by atoms with Crippen molar-refractivity contribution in [2.75, 3.05) is 13.2 Å². The largest absolute Gasteiger partial charge is 0.393 e. The lowest BCUT2D eigenvalue weighted by atomic mass is 9.64. The van der Waals surface area contributed by atoms with E-state index in [1.807, 2.05) is 6.92 Å². The third kappa shape index (κ3) is 2.67. The maximum atomic E-state index is 9.50. The summed E-state index contributed by atoms with van der Waals surface area (Å²) in [5.74, 6) is 0.0530. The number of hydrogen-bond acceptors (Lipinski definition) is 3. The monoisotopic (exact) mass is 242 g/mol. The van der Waals surface area contributed by atoms with E-state index in [4.69, 9.17) is 9.47 Å². The van der Waals surface area contributed by atoms with Gasteiger partial charge in [-0.05, 0) is 38.0 Å². The molecule has 0 bridgehead atoms. The molecule has 0 aromatic carbocycles. The van der Waals surface area contributed by atoms with E-state index in [-0.39, 0.29) is 17.3 Å². The summed E-state index contributed by atoms with van der Waals surface area (Å²) in [5, 5.41) is 9.50. The lowest BCUT2D eigenvalue weighted by molar-refractivity contribution is -0.242. The Bertz CT molecular complexity index is 254. The highest BCUT2D eigenvalue weighted by Crippen LogP contribution is 2.52. The van der Waals surface area contributed by atoms with E-state index in [9.17, 15) is 5.11 Å². The van der Waals surface area contributed by atoms with Gasteiger partial charge < -0.3 is 14.6 Å². The van der Waals surface area contributed by atoms with E-state index in [0.29, 0.717) is 5.92 Å². The molecule has 0 aromatic rings. The average molecular weight is 242 g/mol. The van der Waals surface area contributed by atoms with Crippen molar-refractivity contribution in [3.05, 3.63) is 0 Å². The average Bonchev–Trinajstić information content (AvgIpc) is 2.65. The van der Waals surface area contributed by atoms with Gasteiger partial charge in [0.2, 0.25) is 0 Å². The van der Waals surface area contributed by atoms with Crippen LogP contribution in [0.1, 0.15) is 52.9 Å². The minimum Gasteiger partial charge on any atom is -0.393 e. The Morgan fingerprint density at radius 3 is 2.47 bits per heavy atom. The van der Waals surface area contributed by atoms with Crippen LogP contribution in [0.4, 0.5) is 0 Å². The first-order chi connectivity index (χ1) is 7.96. The highest BCUT2D eigenvalue weighted by molar-refractivity contribution is 4.96. The molecular weight excluding hydrogens is 216 g/mol. The van der Waals surface area contributed by atoms with E-state index in [1.54, 1.807) is 0 Å². The molecule has 1 heterocycles. The Hall–Kier alpha value is -0.120. The van der Waals surface area contributed by atoms with Crippen LogP contribution in [0.25, 0.3) is 0 Å². The van der Waals surface area contributed by atoms with Crippen LogP contribution in [0.3, 0.4) is 0 Å². The third-order valence-electron chi connectivity index (χ3n) is 4.47. The molecule has 2 atom stereocenters. The van der Waals surface area contributed by atoms with E-state index < -0.39 is 0 Å². The van der Waals surface area contributed by atoms with Crippen LogP contribution in [0, 0.1) is 11.3 Å². The van der Waals surface area contributed by atoms with Crippen LogP contribution < -0.4 is 0 Å². The maximum absolute atomic E-state index is 9.50. The van der Waals surface area contributed by atoms with Gasteiger partial charge in [-0.25, -0.2) is 0 Å². The molecule has 2 unspecified atom stereocenters. The first-order valence-corrected chi connectivity index (χ1v) is 6.92. The molecule has 3 heteroatoms. The first kappa shape index (κ1) is 13.3. The minimum atomic E-state index is -0.351. The topological polar surface area (TPSA) is 38.7 Å². The second kappa shape index (κ2) is 4.87. The van der Waals surface area contributed by atoms with Crippen molar-refractivity contribution in [1.29, 1.82) is 0 Å². The molecule has 0 amide bonds. The molecule has 2 rings (SSSR count). The molecule has 2 aliphatic rings. The van der Waals surface area contributed by atoms with Crippen LogP contribution in [0.5, 0.6) is 0 Å². The van der Waals surface area contributed by atoms with Crippen molar-refractivity contribution in [2.45, 2.75) is 64.8 Å². The second-order valence-corrected chi connectivity index (χ2v) is 6.33. The fraction of sp³-hybridized carbons (Fsp3) is 1.00. The van der Waals surface area contributed by atoms with Crippen molar-refractivity contribution in [3.8, 4) is 0 Å². The van der Waals surface area contributed by atoms with Crippen molar-refractivity contribution in [3.63, 3.8) is 0 Å². The van der Waals surface area contributed by atoms with E-state index in [0.717, 1.165) is 32.5 Å². The van der Waals surface area contributed by atoms with Gasteiger partial charge in [-0.3, -0.25) is 0 Å². The maximum Gasteiger partial charge on any atom is 0.171 e. The zero-order valence-electron chi connectivity index (χ0n) is 11.4. The van der Waals surface area contributed by atoms with Gasteiger partial charge in [-0.2, -0.15) is 0 Å². The van der Waals surface area contributed by atoms with Gasteiger partial charge in [0.15, 0.2) is 5.79 Å². The number of hydrogen-bond donors (Lipinski definition) is 1. The summed E-state index contributed by atoms with van der Waals surface area (Å²) < 4.78 is 11.9. The van der Waals surface area contributed by atoms with Gasteiger partial charge in [-0.15, -0.1) is 0 Å². The number of rotatable bonds is 3. The fourth-order valence-corrected chi connectivity index (χ4v) is 3.57. The summed E-state index contributed by atoms with van der Waals surface area (Å²) in [6.07, 6.45) is 5.02. The minimum absolute atomic E-state index is 0.230. The van der Waals surface area contributed by atoms with Gasteiger partial charge in [0, 0.05) is 12.3 Å². The van der Waals surface area contributed by atoms with Crippen molar-refractivity contribution < 1.29 is 14.6 Å². The molecule has 1 aliphatic carbocycles. The van der Waals surface area contributed by atoms with Crippen LogP contribution in [0.15, 0.2) is 0 Å². The van der Waals surface area contributed by atoms with Crippen molar-refractivity contribution in [1.82, 2.24) is 0 Å². The Labute approximate surface area is 104 Å². The van der Waals surface area contributed by atoms with Crippen LogP contribution in [-0.4, -0.2) is 30.2 Å². The van der Waals surface area contributed by atoms with Crippen LogP contribution >= 0.6 is 0 Å². The number of aliphatic hydroxyl groups is 1. The second-order valence-electron chi connectivity index (χ2n) is 6.33. The molecule has 0 aromatic heterocycles. The third-order valence-corrected chi connectivity index (χ3v) is 4.47. The highest BCUT2D eigenvalue weighted by Gasteiger charge is 2.52. The Morgan fingerprint density at radius 1 is 1.24 bits per heavy atom. The summed E-state index contributed by atoms with van der Waals surface area (Å²) in [5.41, 5.74) is 0.248. The molecule has 100 valence electrons. The molecule has 0 radical (unpaired) electrons. The molecule has 2 fully saturated rings. The normalized spacial score (nSPS) is 32.8. The van der Waals surface area contributed by atoms with Gasteiger partial charge in [0.05, 0.1) is 19.3 Å². The number of aliphatic hydroxyl groups excluding tert-OH is 1. The highest BCUT2D eigenvalue weighted by atomic mass is 16.7. The number of ether oxygens (including phenoxy) is 2. The molecule has 1 saturated carbocycles. The Morgan fingerprint density at radius 2 is 1.88 bits per heavy atom. The van der Waals surface area contributed by atoms with Crippen LogP contribution in [-0.2, 0) is 9.47 Å². The molecule has 1 saturated heterocycles. The van der Waals surface area contributed by atoms with E-state index in [1.165, 1.54) is 12.8 Å². The predicted octanol–water partition coefficient (Wildman–Crippen LogP) is 2.72. The molecule has 1 aliphatic heterocycles. The summed E-state index contributed by atoms with van der Waals surface area (Å²) in [6, 6.07) is 0. The summed E-state index contributed by atoms with van der Waals surface area (Å²) in [4.78, 5) is 0. The lowest BCUT2D eigenvalue weighted by Gasteiger charge is -2.49. The predicted molar refractivity (Wildman–Crippen MR) is 66.7 cm³/mol. The molecular formula is C14H26O3. The van der Waals surface area contributed by atoms with Gasteiger partial charge in [0.25, 0.3) is 0 Å². The summed E-state index contributed by atoms with van der Waals surface area (Å²) in [7, 11) is 0. The fourth-order valence-electron chi connectivity index (χ4n) is 3.57. The summed E-state index contributed by atoms with van der Waals surface area (Å²) >= 11 is 0. The van der Waals surface area contributed by atoms with E-state index >= 15 is 0 Å². The molecule has 1 N–H and O–H groups in total. The zero-order chi connectivity index (χ0) is 12.5. The van der Waals surface area contributed by atoms with Crippen molar-refractivity contribution in [2.24, 2.45) is 11.3 Å². The Balaban J connectivity index is 2.12. The summed E-state index contributed by atoms with van der Waals surface area (Å²) in [6.45, 7) is 7.93. The lowest BCUT2D eigenvalue weighted by Crippen LogP contribution is -2.50. The Kier molecular flexibility index (Phi) is 3.81. The quantitative estimate of drug-likeness (QED) is 0.827. The van der Waals surface area contributed by atoms with Crippen molar-refractivity contribution >= 4 is 0 Å². The van der Waals surface area contributed by atoms with E-state index in [2.05, 4.69) is 13.8 Å². The van der Waals surface area contributed by atoms with Gasteiger partial charge in [-0.1, -0.05) is 13.8 Å². The van der Waals surface area contributed by atoms with Crippen LogP contribution in [0.2, 0.25) is 0 Å². The van der Waals surface area contributed by atoms with Gasteiger partial charge >= 0.3 is 0 Å². The molecule has 1 spiro atoms. The van der Waals surface area contributed by atoms with Gasteiger partial charge in [0.1, 0.15) is 0 Å². The SMILES string of the molecule is CC(O)CCC1C(C)(C)CCCC12OCCO2. The zero-order valence-corrected chi connectivity index (χ0v) is 11.4. The molecule has 17 heavy (non-hydrogen) atoms. The standard InChI is InChI=1S/C14H26O3/c1-11(15)5-6-12-13(2,3)7-4-8-14(12)16-9-10-17-14/h11-12,15H,4-10H2,1-3H3. The smallest absolute Gasteiger partial charge is 0.171 e.